The number of nitrogens with zero attached hydrogens (tertiary/aromatic N) is 5. The Bertz CT molecular complexity index is 1420. The van der Waals surface area contributed by atoms with Crippen LogP contribution >= 0.6 is 11.6 Å². The molecular formula is C21H20ClF2N9O. The number of fused-ring (bicyclic) bond motifs is 1. The number of nitrogens with one attached hydrogen (secondary N) is 2. The molecule has 0 bridgehead atoms. The number of anilines is 3. The van der Waals surface area contributed by atoms with Gasteiger partial charge in [0.05, 0.1) is 23.1 Å². The van der Waals surface area contributed by atoms with Crippen molar-refractivity contribution in [2.45, 2.75) is 31.7 Å². The number of hydrogen-bond donors (Lipinski definition) is 4. The number of halogens is 3. The van der Waals surface area contributed by atoms with Gasteiger partial charge in [-0.15, -0.1) is 0 Å². The maximum Gasteiger partial charge on any atom is 0.267 e. The first-order valence-electron chi connectivity index (χ1n) is 10.5. The van der Waals surface area contributed by atoms with E-state index in [2.05, 4.69) is 30.5 Å². The minimum atomic E-state index is -2.84. The summed E-state index contributed by atoms with van der Waals surface area (Å²) in [6.45, 7) is 0. The fourth-order valence-corrected chi connectivity index (χ4v) is 4.30. The van der Waals surface area contributed by atoms with Gasteiger partial charge in [0.15, 0.2) is 5.82 Å². The molecule has 4 aromatic rings. The van der Waals surface area contributed by atoms with Crippen molar-refractivity contribution in [2.75, 3.05) is 16.8 Å². The van der Waals surface area contributed by atoms with Crippen LogP contribution in [0.2, 0.25) is 5.02 Å². The normalized spacial score (nSPS) is 14.9. The van der Waals surface area contributed by atoms with Crippen LogP contribution in [0.1, 0.15) is 43.1 Å². The van der Waals surface area contributed by atoms with Gasteiger partial charge >= 0.3 is 0 Å². The molecule has 176 valence electrons. The lowest BCUT2D eigenvalue weighted by molar-refractivity contribution is 0.153. The largest absolute Gasteiger partial charge is 0.382 e. The predicted octanol–water partition coefficient (Wildman–Crippen LogP) is 3.61. The average molecular weight is 488 g/mol. The molecule has 13 heteroatoms. The summed E-state index contributed by atoms with van der Waals surface area (Å²) >= 11 is 6.33. The van der Waals surface area contributed by atoms with Crippen LogP contribution in [0.25, 0.3) is 16.7 Å². The van der Waals surface area contributed by atoms with Crippen molar-refractivity contribution < 1.29 is 8.78 Å². The van der Waals surface area contributed by atoms with Crippen LogP contribution in [-0.2, 0) is 0 Å². The van der Waals surface area contributed by atoms with Crippen molar-refractivity contribution in [2.24, 2.45) is 5.92 Å². The molecule has 1 aromatic carbocycles. The van der Waals surface area contributed by atoms with Gasteiger partial charge < -0.3 is 16.8 Å². The van der Waals surface area contributed by atoms with Gasteiger partial charge in [-0.25, -0.2) is 18.3 Å². The molecular weight excluding hydrogens is 468 g/mol. The summed E-state index contributed by atoms with van der Waals surface area (Å²) in [4.78, 5) is 26.3. The van der Waals surface area contributed by atoms with Gasteiger partial charge in [0.1, 0.15) is 22.5 Å². The van der Waals surface area contributed by atoms with Gasteiger partial charge in [-0.3, -0.25) is 9.89 Å². The molecule has 0 spiro atoms. The highest BCUT2D eigenvalue weighted by Crippen LogP contribution is 2.41. The van der Waals surface area contributed by atoms with Crippen LogP contribution < -0.4 is 22.3 Å². The van der Waals surface area contributed by atoms with Crippen LogP contribution in [0.3, 0.4) is 0 Å². The molecule has 3 aromatic heterocycles. The lowest BCUT2D eigenvalue weighted by Gasteiger charge is -2.35. The SMILES string of the molecule is Nc1nc(N)c(Cl)c(NC(c2nc3cccc(C(F)F)c3c(=O)n2-c2ccn[nH]2)C2CCC2)n1. The van der Waals surface area contributed by atoms with Gasteiger partial charge in [0.2, 0.25) is 5.95 Å². The zero-order valence-electron chi connectivity index (χ0n) is 17.7. The second kappa shape index (κ2) is 8.52. The number of rotatable bonds is 6. The maximum atomic E-state index is 13.7. The van der Waals surface area contributed by atoms with E-state index in [0.29, 0.717) is 5.82 Å². The fourth-order valence-electron chi connectivity index (χ4n) is 4.16. The minimum Gasteiger partial charge on any atom is -0.382 e. The highest BCUT2D eigenvalue weighted by atomic mass is 35.5. The molecule has 10 nitrogen and oxygen atoms in total. The third kappa shape index (κ3) is 3.69. The number of aromatic nitrogens is 6. The molecule has 1 aliphatic rings. The summed E-state index contributed by atoms with van der Waals surface area (Å²) in [6, 6.07) is 5.22. The number of alkyl halides is 2. The van der Waals surface area contributed by atoms with Crippen LogP contribution in [0, 0.1) is 5.92 Å². The Morgan fingerprint density at radius 3 is 2.62 bits per heavy atom. The van der Waals surface area contributed by atoms with E-state index in [4.69, 9.17) is 23.1 Å². The van der Waals surface area contributed by atoms with E-state index in [1.165, 1.54) is 29.0 Å². The minimum absolute atomic E-state index is 0.00281. The van der Waals surface area contributed by atoms with E-state index in [9.17, 15) is 13.6 Å². The Morgan fingerprint density at radius 2 is 1.97 bits per heavy atom. The number of aromatic amines is 1. The Kier molecular flexibility index (Phi) is 5.52. The van der Waals surface area contributed by atoms with E-state index < -0.39 is 18.0 Å². The molecule has 1 fully saturated rings. The number of benzene rings is 1. The van der Waals surface area contributed by atoms with Crippen molar-refractivity contribution in [3.8, 4) is 5.82 Å². The smallest absolute Gasteiger partial charge is 0.267 e. The van der Waals surface area contributed by atoms with Gasteiger partial charge in [0.25, 0.3) is 12.0 Å². The second-order valence-corrected chi connectivity index (χ2v) is 8.42. The van der Waals surface area contributed by atoms with Gasteiger partial charge in [-0.1, -0.05) is 30.2 Å². The summed E-state index contributed by atoms with van der Waals surface area (Å²) < 4.78 is 28.8. The Morgan fingerprint density at radius 1 is 1.18 bits per heavy atom. The molecule has 1 unspecified atom stereocenters. The molecule has 0 aliphatic heterocycles. The first-order chi connectivity index (χ1) is 16.3. The molecule has 1 aliphatic carbocycles. The van der Waals surface area contributed by atoms with Crippen LogP contribution in [0.5, 0.6) is 0 Å². The molecule has 5 rings (SSSR count). The Balaban J connectivity index is 1.76. The molecule has 3 heterocycles. The Labute approximate surface area is 196 Å². The van der Waals surface area contributed by atoms with Crippen LogP contribution in [0.15, 0.2) is 35.3 Å². The van der Waals surface area contributed by atoms with E-state index >= 15 is 0 Å². The third-order valence-corrected chi connectivity index (χ3v) is 6.38. The van der Waals surface area contributed by atoms with Crippen molar-refractivity contribution in [1.29, 1.82) is 0 Å². The number of nitrogens with two attached hydrogens (primary N) is 2. The summed E-state index contributed by atoms with van der Waals surface area (Å²) in [5, 5.41) is 9.81. The van der Waals surface area contributed by atoms with Crippen molar-refractivity contribution in [3.63, 3.8) is 0 Å². The summed E-state index contributed by atoms with van der Waals surface area (Å²) in [6.07, 6.45) is 1.30. The predicted molar refractivity (Wildman–Crippen MR) is 124 cm³/mol. The zero-order valence-corrected chi connectivity index (χ0v) is 18.4. The quantitative estimate of drug-likeness (QED) is 0.321. The Hall–Kier alpha value is -3.80. The van der Waals surface area contributed by atoms with E-state index in [0.717, 1.165) is 19.3 Å². The third-order valence-electron chi connectivity index (χ3n) is 6.00. The summed E-state index contributed by atoms with van der Waals surface area (Å²) in [5.74, 6) is 0.765. The zero-order chi connectivity index (χ0) is 24.0. The standard InChI is InChI=1S/C21H20ClF2N9O/c22-14-17(25)30-21(26)31-18(14)29-15(9-3-1-4-9)19-28-11-6-2-5-10(16(23)24)13(11)20(34)33(19)12-7-8-27-32-12/h2,5-9,15-16H,1,3-4H2,(H,27,32)(H5,25,26,29,30,31). The average Bonchev–Trinajstić information content (AvgIpc) is 3.29. The van der Waals surface area contributed by atoms with Gasteiger partial charge in [-0.2, -0.15) is 15.1 Å². The number of nitrogen functional groups attached to an aromatic ring is 2. The monoisotopic (exact) mass is 487 g/mol. The molecule has 0 radical (unpaired) electrons. The highest BCUT2D eigenvalue weighted by Gasteiger charge is 2.34. The lowest BCUT2D eigenvalue weighted by atomic mass is 9.79. The van der Waals surface area contributed by atoms with E-state index in [1.54, 1.807) is 6.07 Å². The van der Waals surface area contributed by atoms with Crippen molar-refractivity contribution >= 4 is 40.1 Å². The van der Waals surface area contributed by atoms with E-state index in [1.807, 2.05) is 0 Å². The van der Waals surface area contributed by atoms with Crippen molar-refractivity contribution in [3.05, 3.63) is 57.2 Å². The van der Waals surface area contributed by atoms with Crippen LogP contribution in [0.4, 0.5) is 26.4 Å². The summed E-state index contributed by atoms with van der Waals surface area (Å²) in [7, 11) is 0. The van der Waals surface area contributed by atoms with Gasteiger partial charge in [-0.05, 0) is 24.8 Å². The molecule has 6 N–H and O–H groups in total. The number of H-pyrrole nitrogens is 1. The van der Waals surface area contributed by atoms with Crippen LogP contribution in [-0.4, -0.2) is 29.7 Å². The second-order valence-electron chi connectivity index (χ2n) is 8.04. The fraction of sp³-hybridized carbons (Fsp3) is 0.286. The van der Waals surface area contributed by atoms with E-state index in [-0.39, 0.29) is 50.8 Å². The topological polar surface area (TPSA) is 153 Å². The molecule has 0 amide bonds. The maximum absolute atomic E-state index is 13.7. The molecule has 0 saturated heterocycles. The molecule has 1 saturated carbocycles. The van der Waals surface area contributed by atoms with Crippen molar-refractivity contribution in [1.82, 2.24) is 29.7 Å². The molecule has 34 heavy (non-hydrogen) atoms. The molecule has 1 atom stereocenters. The number of hydrogen-bond acceptors (Lipinski definition) is 8. The lowest BCUT2D eigenvalue weighted by Crippen LogP contribution is -2.34. The summed E-state index contributed by atoms with van der Waals surface area (Å²) in [5.41, 5.74) is 10.7. The highest BCUT2D eigenvalue weighted by molar-refractivity contribution is 6.35. The first kappa shape index (κ1) is 22.0. The first-order valence-corrected chi connectivity index (χ1v) is 10.9. The van der Waals surface area contributed by atoms with Gasteiger partial charge in [0, 0.05) is 11.6 Å².